The topological polar surface area (TPSA) is 80.3 Å². The van der Waals surface area contributed by atoms with Crippen LogP contribution in [-0.2, 0) is 19.1 Å². The Hall–Kier alpha value is -1.07. The average Bonchev–Trinajstić information content (AvgIpc) is 2.25. The number of benzene rings is 1. The molecule has 0 unspecified atom stereocenters. The van der Waals surface area contributed by atoms with Crippen LogP contribution in [0.4, 0.5) is 0 Å². The van der Waals surface area contributed by atoms with Crippen molar-refractivity contribution in [2.75, 3.05) is 6.54 Å². The molecule has 0 saturated heterocycles. The predicted octanol–water partition coefficient (Wildman–Crippen LogP) is 0.526. The molecule has 0 aliphatic carbocycles. The van der Waals surface area contributed by atoms with Crippen molar-refractivity contribution in [1.29, 1.82) is 0 Å². The van der Waals surface area contributed by atoms with Crippen LogP contribution < -0.4 is 4.72 Å². The van der Waals surface area contributed by atoms with Gasteiger partial charge in [0.15, 0.2) is 0 Å². The van der Waals surface area contributed by atoms with E-state index in [1.54, 1.807) is 0 Å². The zero-order valence-corrected chi connectivity index (χ0v) is 10.8. The van der Waals surface area contributed by atoms with E-state index in [2.05, 4.69) is 10.6 Å². The molecular formula is C9H8ClNO4S2. The van der Waals surface area contributed by atoms with E-state index in [1.807, 2.05) is 0 Å². The maximum Gasteiger partial charge on any atom is 0.261 e. The van der Waals surface area contributed by atoms with Crippen LogP contribution in [0.15, 0.2) is 34.1 Å². The van der Waals surface area contributed by atoms with Gasteiger partial charge in [-0.05, 0) is 24.3 Å². The first-order valence-electron chi connectivity index (χ1n) is 4.25. The van der Waals surface area contributed by atoms with Crippen LogP contribution in [0.5, 0.6) is 0 Å². The average molecular weight is 294 g/mol. The van der Waals surface area contributed by atoms with Crippen molar-refractivity contribution in [3.8, 4) is 12.3 Å². The van der Waals surface area contributed by atoms with Crippen molar-refractivity contribution in [3.63, 3.8) is 0 Å². The quantitative estimate of drug-likeness (QED) is 0.648. The smallest absolute Gasteiger partial charge is 0.207 e. The Bertz CT molecular complexity index is 641. The summed E-state index contributed by atoms with van der Waals surface area (Å²) in [6.07, 6.45) is 4.92. The van der Waals surface area contributed by atoms with Crippen molar-refractivity contribution in [2.45, 2.75) is 9.79 Å². The summed E-state index contributed by atoms with van der Waals surface area (Å²) in [5, 5.41) is 0. The second-order valence-electron chi connectivity index (χ2n) is 2.94. The summed E-state index contributed by atoms with van der Waals surface area (Å²) in [6.45, 7) is -0.141. The monoisotopic (exact) mass is 293 g/mol. The van der Waals surface area contributed by atoms with Crippen LogP contribution in [0.25, 0.3) is 0 Å². The first kappa shape index (κ1) is 14.0. The standard InChI is InChI=1S/C9H8ClNO4S2/c1-2-7-11-17(14,15)9-5-3-8(4-6-9)16(10,12)13/h1,3-6,11H,7H2. The van der Waals surface area contributed by atoms with Gasteiger partial charge in [0.25, 0.3) is 9.05 Å². The summed E-state index contributed by atoms with van der Waals surface area (Å²) in [4.78, 5) is -0.258. The number of hydrogen-bond donors (Lipinski definition) is 1. The molecule has 0 aliphatic heterocycles. The highest BCUT2D eigenvalue weighted by Crippen LogP contribution is 2.17. The minimum absolute atomic E-state index is 0.0863. The molecule has 0 bridgehead atoms. The van der Waals surface area contributed by atoms with E-state index in [-0.39, 0.29) is 16.3 Å². The fourth-order valence-corrected chi connectivity index (χ4v) is 2.71. The first-order valence-corrected chi connectivity index (χ1v) is 8.04. The predicted molar refractivity (Wildman–Crippen MR) is 63.5 cm³/mol. The minimum Gasteiger partial charge on any atom is -0.207 e. The third kappa shape index (κ3) is 3.71. The molecule has 0 radical (unpaired) electrons. The van der Waals surface area contributed by atoms with Gasteiger partial charge in [-0.15, -0.1) is 6.42 Å². The van der Waals surface area contributed by atoms with Gasteiger partial charge in [0, 0.05) is 10.7 Å². The second kappa shape index (κ2) is 5.06. The third-order valence-corrected chi connectivity index (χ3v) is 4.57. The second-order valence-corrected chi connectivity index (χ2v) is 7.27. The Kier molecular flexibility index (Phi) is 4.16. The Morgan fingerprint density at radius 1 is 1.12 bits per heavy atom. The van der Waals surface area contributed by atoms with Gasteiger partial charge in [0.2, 0.25) is 10.0 Å². The molecule has 1 rings (SSSR count). The fraction of sp³-hybridized carbons (Fsp3) is 0.111. The molecular weight excluding hydrogens is 286 g/mol. The van der Waals surface area contributed by atoms with Gasteiger partial charge in [-0.25, -0.2) is 16.8 Å². The number of terminal acetylenes is 1. The summed E-state index contributed by atoms with van der Waals surface area (Å²) >= 11 is 0. The number of hydrogen-bond acceptors (Lipinski definition) is 4. The van der Waals surface area contributed by atoms with Gasteiger partial charge < -0.3 is 0 Å². The fourth-order valence-electron chi connectivity index (χ4n) is 1.00. The number of sulfonamides is 1. The van der Waals surface area contributed by atoms with E-state index in [4.69, 9.17) is 17.1 Å². The molecule has 0 amide bonds. The van der Waals surface area contributed by atoms with Crippen molar-refractivity contribution < 1.29 is 16.8 Å². The molecule has 5 nitrogen and oxygen atoms in total. The van der Waals surface area contributed by atoms with E-state index >= 15 is 0 Å². The molecule has 8 heteroatoms. The summed E-state index contributed by atoms with van der Waals surface area (Å²) in [5.74, 6) is 2.12. The molecule has 0 atom stereocenters. The van der Waals surface area contributed by atoms with Gasteiger partial charge in [0.1, 0.15) is 0 Å². The van der Waals surface area contributed by atoms with Crippen LogP contribution in [-0.4, -0.2) is 23.4 Å². The Balaban J connectivity index is 3.08. The molecule has 0 spiro atoms. The summed E-state index contributed by atoms with van der Waals surface area (Å²) in [6, 6.07) is 4.47. The highest BCUT2D eigenvalue weighted by Gasteiger charge is 2.15. The maximum absolute atomic E-state index is 11.6. The number of rotatable bonds is 4. The van der Waals surface area contributed by atoms with Crippen LogP contribution in [0.3, 0.4) is 0 Å². The largest absolute Gasteiger partial charge is 0.261 e. The lowest BCUT2D eigenvalue weighted by Crippen LogP contribution is -2.23. The lowest BCUT2D eigenvalue weighted by molar-refractivity contribution is 0.585. The molecule has 17 heavy (non-hydrogen) atoms. The Labute approximate surface area is 104 Å². The third-order valence-electron chi connectivity index (χ3n) is 1.78. The van der Waals surface area contributed by atoms with Crippen LogP contribution >= 0.6 is 10.7 Å². The number of nitrogens with one attached hydrogen (secondary N) is 1. The zero-order chi connectivity index (χ0) is 13.1. The molecule has 0 saturated carbocycles. The van der Waals surface area contributed by atoms with E-state index in [0.717, 1.165) is 24.3 Å². The first-order chi connectivity index (χ1) is 7.77. The van der Waals surface area contributed by atoms with Crippen LogP contribution in [0, 0.1) is 12.3 Å². The van der Waals surface area contributed by atoms with Gasteiger partial charge in [-0.2, -0.15) is 4.72 Å². The summed E-state index contributed by atoms with van der Waals surface area (Å²) < 4.78 is 47.1. The minimum atomic E-state index is -3.86. The van der Waals surface area contributed by atoms with Crippen LogP contribution in [0.1, 0.15) is 0 Å². The van der Waals surface area contributed by atoms with Gasteiger partial charge in [0.05, 0.1) is 16.3 Å². The van der Waals surface area contributed by atoms with Gasteiger partial charge >= 0.3 is 0 Å². The maximum atomic E-state index is 11.6. The van der Waals surface area contributed by atoms with Crippen molar-refractivity contribution >= 4 is 29.8 Å². The normalized spacial score (nSPS) is 12.0. The summed E-state index contributed by atoms with van der Waals surface area (Å²) in [7, 11) is -2.48. The lowest BCUT2D eigenvalue weighted by atomic mass is 10.4. The van der Waals surface area contributed by atoms with E-state index in [0.29, 0.717) is 0 Å². The molecule has 0 aliphatic rings. The summed E-state index contributed by atoms with van der Waals surface area (Å²) in [5.41, 5.74) is 0. The van der Waals surface area contributed by atoms with E-state index in [1.165, 1.54) is 0 Å². The van der Waals surface area contributed by atoms with Crippen molar-refractivity contribution in [1.82, 2.24) is 4.72 Å². The zero-order valence-electron chi connectivity index (χ0n) is 8.42. The number of halogens is 1. The molecule has 1 aromatic rings. The van der Waals surface area contributed by atoms with Gasteiger partial charge in [-0.3, -0.25) is 0 Å². The molecule has 1 aromatic carbocycles. The lowest BCUT2D eigenvalue weighted by Gasteiger charge is -2.04. The van der Waals surface area contributed by atoms with E-state index < -0.39 is 19.1 Å². The molecule has 92 valence electrons. The van der Waals surface area contributed by atoms with Crippen molar-refractivity contribution in [3.05, 3.63) is 24.3 Å². The molecule has 0 heterocycles. The molecule has 1 N–H and O–H groups in total. The Morgan fingerprint density at radius 3 is 2.00 bits per heavy atom. The van der Waals surface area contributed by atoms with Crippen LogP contribution in [0.2, 0.25) is 0 Å². The Morgan fingerprint density at radius 2 is 1.59 bits per heavy atom. The molecule has 0 aromatic heterocycles. The SMILES string of the molecule is C#CCNS(=O)(=O)c1ccc(S(=O)(=O)Cl)cc1. The van der Waals surface area contributed by atoms with Crippen molar-refractivity contribution in [2.24, 2.45) is 0 Å². The highest BCUT2D eigenvalue weighted by molar-refractivity contribution is 8.13. The van der Waals surface area contributed by atoms with Gasteiger partial charge in [-0.1, -0.05) is 5.92 Å². The van der Waals surface area contributed by atoms with E-state index in [9.17, 15) is 16.8 Å². The highest BCUT2D eigenvalue weighted by atomic mass is 35.7. The molecule has 0 fully saturated rings.